The van der Waals surface area contributed by atoms with Gasteiger partial charge in [0, 0.05) is 11.0 Å². The van der Waals surface area contributed by atoms with Gasteiger partial charge in [0.15, 0.2) is 0 Å². The summed E-state index contributed by atoms with van der Waals surface area (Å²) in [5.74, 6) is -0.145. The van der Waals surface area contributed by atoms with Crippen molar-refractivity contribution in [1.29, 1.82) is 0 Å². The normalized spacial score (nSPS) is 26.1. The summed E-state index contributed by atoms with van der Waals surface area (Å²) in [7, 11) is 0. The summed E-state index contributed by atoms with van der Waals surface area (Å²) in [5, 5.41) is 0. The highest BCUT2D eigenvalue weighted by atomic mass is 16.5. The molecule has 120 valence electrons. The van der Waals surface area contributed by atoms with Crippen molar-refractivity contribution in [3.05, 3.63) is 12.2 Å². The topological polar surface area (TPSA) is 26.3 Å². The molecule has 2 nitrogen and oxygen atoms in total. The van der Waals surface area contributed by atoms with Gasteiger partial charge in [-0.15, -0.1) is 0 Å². The van der Waals surface area contributed by atoms with Gasteiger partial charge < -0.3 is 4.74 Å². The minimum absolute atomic E-state index is 0.0305. The zero-order valence-corrected chi connectivity index (χ0v) is 13.6. The molecule has 21 heavy (non-hydrogen) atoms. The van der Waals surface area contributed by atoms with Crippen LogP contribution in [0, 0.1) is 5.41 Å². The molecule has 2 fully saturated rings. The molecule has 2 heteroatoms. The average Bonchev–Trinajstić information content (AvgIpc) is 2.76. The summed E-state index contributed by atoms with van der Waals surface area (Å²) in [6.45, 7) is 4.64. The third-order valence-corrected chi connectivity index (χ3v) is 5.43. The van der Waals surface area contributed by atoms with Crippen molar-refractivity contribution in [2.24, 2.45) is 5.41 Å². The summed E-state index contributed by atoms with van der Waals surface area (Å²) in [6, 6.07) is 0. The number of rotatable bonds is 0. The molecule has 0 radical (unpaired) electrons. The Kier molecular flexibility index (Phi) is 6.79. The van der Waals surface area contributed by atoms with Gasteiger partial charge in [0.2, 0.25) is 0 Å². The summed E-state index contributed by atoms with van der Waals surface area (Å²) < 4.78 is 5.31. The molecule has 0 aromatic heterocycles. The van der Waals surface area contributed by atoms with Gasteiger partial charge in [-0.1, -0.05) is 83.6 Å². The first-order valence-corrected chi connectivity index (χ1v) is 9.11. The average molecular weight is 292 g/mol. The molecule has 0 aromatic carbocycles. The second kappa shape index (κ2) is 8.60. The number of carbonyl (C=O) groups is 1. The zero-order chi connectivity index (χ0) is 15.0. The van der Waals surface area contributed by atoms with E-state index in [4.69, 9.17) is 4.74 Å². The molecule has 0 aromatic rings. The quantitative estimate of drug-likeness (QED) is 0.431. The van der Waals surface area contributed by atoms with E-state index in [2.05, 4.69) is 6.58 Å². The first kappa shape index (κ1) is 16.6. The first-order valence-electron chi connectivity index (χ1n) is 9.11. The summed E-state index contributed by atoms with van der Waals surface area (Å²) in [5.41, 5.74) is 0.726. The van der Waals surface area contributed by atoms with Gasteiger partial charge in [0.1, 0.15) is 6.61 Å². The first-order chi connectivity index (χ1) is 10.2. The van der Waals surface area contributed by atoms with Gasteiger partial charge in [-0.25, -0.2) is 4.79 Å². The van der Waals surface area contributed by atoms with Crippen molar-refractivity contribution in [2.75, 3.05) is 6.61 Å². The van der Waals surface area contributed by atoms with Crippen LogP contribution in [-0.2, 0) is 9.53 Å². The maximum Gasteiger partial charge on any atom is 0.334 e. The molecular formula is C19H32O2. The van der Waals surface area contributed by atoms with E-state index in [-0.39, 0.29) is 11.4 Å². The van der Waals surface area contributed by atoms with Gasteiger partial charge in [0.25, 0.3) is 0 Å². The van der Waals surface area contributed by atoms with E-state index in [9.17, 15) is 4.79 Å². The number of ether oxygens (including phenoxy) is 1. The second-order valence-electron chi connectivity index (χ2n) is 7.08. The summed E-state index contributed by atoms with van der Waals surface area (Å²) >= 11 is 0. The van der Waals surface area contributed by atoms with Crippen molar-refractivity contribution < 1.29 is 9.53 Å². The van der Waals surface area contributed by atoms with Gasteiger partial charge in [-0.2, -0.15) is 0 Å². The maximum absolute atomic E-state index is 11.7. The van der Waals surface area contributed by atoms with Crippen molar-refractivity contribution in [1.82, 2.24) is 0 Å². The van der Waals surface area contributed by atoms with Gasteiger partial charge >= 0.3 is 5.97 Å². The smallest absolute Gasteiger partial charge is 0.334 e. The lowest BCUT2D eigenvalue weighted by Crippen LogP contribution is -2.23. The predicted octanol–water partition coefficient (Wildman–Crippen LogP) is 5.56. The Morgan fingerprint density at radius 2 is 1.10 bits per heavy atom. The highest BCUT2D eigenvalue weighted by Gasteiger charge is 2.43. The summed E-state index contributed by atoms with van der Waals surface area (Å²) in [4.78, 5) is 11.7. The minimum Gasteiger partial charge on any atom is -0.461 e. The van der Waals surface area contributed by atoms with E-state index in [0.29, 0.717) is 6.61 Å². The predicted molar refractivity (Wildman–Crippen MR) is 87.2 cm³/mol. The van der Waals surface area contributed by atoms with E-state index in [1.807, 2.05) is 0 Å². The van der Waals surface area contributed by atoms with Gasteiger partial charge in [0.05, 0.1) is 0 Å². The third kappa shape index (κ3) is 4.86. The lowest BCUT2D eigenvalue weighted by Gasteiger charge is -2.27. The third-order valence-electron chi connectivity index (χ3n) is 5.43. The van der Waals surface area contributed by atoms with Crippen LogP contribution in [0.5, 0.6) is 0 Å². The molecule has 0 atom stereocenters. The number of cyclic esters (lactones) is 1. The monoisotopic (exact) mass is 292 g/mol. The molecule has 1 saturated heterocycles. The SMILES string of the molecule is C=C1C(=O)OCC12CCCCCCCCCCCCCC2. The van der Waals surface area contributed by atoms with E-state index < -0.39 is 0 Å². The number of hydrogen-bond donors (Lipinski definition) is 0. The molecule has 1 saturated carbocycles. The second-order valence-corrected chi connectivity index (χ2v) is 7.08. The van der Waals surface area contributed by atoms with Crippen molar-refractivity contribution in [3.63, 3.8) is 0 Å². The van der Waals surface area contributed by atoms with Crippen LogP contribution in [0.4, 0.5) is 0 Å². The fraction of sp³-hybridized carbons (Fsp3) is 0.842. The Bertz CT molecular complexity index is 329. The van der Waals surface area contributed by atoms with Crippen LogP contribution in [0.2, 0.25) is 0 Å². The fourth-order valence-corrected chi connectivity index (χ4v) is 3.86. The number of esters is 1. The van der Waals surface area contributed by atoms with Crippen LogP contribution in [0.25, 0.3) is 0 Å². The molecule has 1 aliphatic heterocycles. The van der Waals surface area contributed by atoms with E-state index in [0.717, 1.165) is 18.4 Å². The highest BCUT2D eigenvalue weighted by molar-refractivity contribution is 5.91. The lowest BCUT2D eigenvalue weighted by atomic mass is 9.74. The van der Waals surface area contributed by atoms with Gasteiger partial charge in [-0.3, -0.25) is 0 Å². The summed E-state index contributed by atoms with van der Waals surface area (Å²) in [6.07, 6.45) is 18.3. The number of carbonyl (C=O) groups excluding carboxylic acids is 1. The van der Waals surface area contributed by atoms with Crippen molar-refractivity contribution in [2.45, 2.75) is 89.9 Å². The Labute approximate surface area is 130 Å². The van der Waals surface area contributed by atoms with Gasteiger partial charge in [-0.05, 0) is 12.8 Å². The minimum atomic E-state index is -0.145. The molecule has 0 N–H and O–H groups in total. The van der Waals surface area contributed by atoms with Crippen molar-refractivity contribution in [3.8, 4) is 0 Å². The molecule has 0 amide bonds. The van der Waals surface area contributed by atoms with Crippen LogP contribution in [0.15, 0.2) is 12.2 Å². The van der Waals surface area contributed by atoms with Crippen LogP contribution in [-0.4, -0.2) is 12.6 Å². The molecule has 0 unspecified atom stereocenters. The molecule has 2 aliphatic rings. The standard InChI is InChI=1S/C19H32O2/c1-17-18(20)21-16-19(17)14-12-10-8-6-4-2-3-5-7-9-11-13-15-19/h1-16H2. The highest BCUT2D eigenvalue weighted by Crippen LogP contribution is 2.43. The van der Waals surface area contributed by atoms with Crippen LogP contribution in [0.1, 0.15) is 89.9 Å². The molecule has 2 rings (SSSR count). The Morgan fingerprint density at radius 1 is 0.714 bits per heavy atom. The Morgan fingerprint density at radius 3 is 1.43 bits per heavy atom. The van der Waals surface area contributed by atoms with E-state index >= 15 is 0 Å². The Hall–Kier alpha value is -0.790. The number of hydrogen-bond acceptors (Lipinski definition) is 2. The fourth-order valence-electron chi connectivity index (χ4n) is 3.86. The van der Waals surface area contributed by atoms with Crippen LogP contribution < -0.4 is 0 Å². The molecular weight excluding hydrogens is 260 g/mol. The van der Waals surface area contributed by atoms with Crippen LogP contribution in [0.3, 0.4) is 0 Å². The molecule has 1 spiro atoms. The molecule has 0 bridgehead atoms. The zero-order valence-electron chi connectivity index (χ0n) is 13.6. The molecule has 1 heterocycles. The lowest BCUT2D eigenvalue weighted by molar-refractivity contribution is -0.135. The van der Waals surface area contributed by atoms with E-state index in [1.54, 1.807) is 0 Å². The largest absolute Gasteiger partial charge is 0.461 e. The maximum atomic E-state index is 11.7. The molecule has 1 aliphatic carbocycles. The van der Waals surface area contributed by atoms with Crippen molar-refractivity contribution >= 4 is 5.97 Å². The van der Waals surface area contributed by atoms with E-state index in [1.165, 1.54) is 77.0 Å². The van der Waals surface area contributed by atoms with Crippen LogP contribution >= 0.6 is 0 Å². The Balaban J connectivity index is 1.89.